The zero-order valence-electron chi connectivity index (χ0n) is 17.0. The minimum Gasteiger partial charge on any atom is -0.324 e. The molecule has 0 unspecified atom stereocenters. The van der Waals surface area contributed by atoms with Crippen LogP contribution in [0.3, 0.4) is 0 Å². The van der Waals surface area contributed by atoms with Gasteiger partial charge in [0.1, 0.15) is 12.4 Å². The van der Waals surface area contributed by atoms with Crippen LogP contribution in [-0.4, -0.2) is 20.9 Å². The maximum absolute atomic E-state index is 14.5. The Bertz CT molecular complexity index is 1280. The molecule has 3 aromatic rings. The topological polar surface area (TPSA) is 66.5 Å². The maximum Gasteiger partial charge on any atom is 0.418 e. The number of hydrogen-bond donors (Lipinski definition) is 1. The van der Waals surface area contributed by atoms with Crippen molar-refractivity contribution in [2.24, 2.45) is 0 Å². The summed E-state index contributed by atoms with van der Waals surface area (Å²) < 4.78 is 81.5. The van der Waals surface area contributed by atoms with Crippen LogP contribution < -0.4 is 9.62 Å². The van der Waals surface area contributed by atoms with Crippen molar-refractivity contribution in [2.45, 2.75) is 18.0 Å². The lowest BCUT2D eigenvalue weighted by Crippen LogP contribution is -2.39. The summed E-state index contributed by atoms with van der Waals surface area (Å²) in [4.78, 5) is 12.4. The van der Waals surface area contributed by atoms with Crippen LogP contribution in [0.2, 0.25) is 5.02 Å². The predicted octanol–water partition coefficient (Wildman–Crippen LogP) is 5.64. The number of halogens is 5. The second-order valence-electron chi connectivity index (χ2n) is 7.01. The minimum absolute atomic E-state index is 0.199. The molecular formula is C22H17ClF4N2O3S. The van der Waals surface area contributed by atoms with Gasteiger partial charge >= 0.3 is 6.18 Å². The van der Waals surface area contributed by atoms with E-state index in [1.807, 2.05) is 0 Å². The van der Waals surface area contributed by atoms with Gasteiger partial charge < -0.3 is 5.32 Å². The molecule has 174 valence electrons. The lowest BCUT2D eigenvalue weighted by Gasteiger charge is -2.25. The molecule has 3 aromatic carbocycles. The van der Waals surface area contributed by atoms with E-state index in [-0.39, 0.29) is 9.92 Å². The average molecular weight is 501 g/mol. The molecule has 0 saturated carbocycles. The number of anilines is 2. The maximum atomic E-state index is 14.5. The van der Waals surface area contributed by atoms with Crippen LogP contribution in [0.4, 0.5) is 28.9 Å². The van der Waals surface area contributed by atoms with E-state index in [2.05, 4.69) is 5.32 Å². The Morgan fingerprint density at radius 2 is 1.67 bits per heavy atom. The molecule has 3 rings (SSSR count). The van der Waals surface area contributed by atoms with Crippen LogP contribution in [0.25, 0.3) is 0 Å². The molecule has 0 aliphatic carbocycles. The van der Waals surface area contributed by atoms with Crippen LogP contribution >= 0.6 is 11.6 Å². The summed E-state index contributed by atoms with van der Waals surface area (Å²) in [5.74, 6) is -2.04. The molecule has 1 amide bonds. The third kappa shape index (κ3) is 5.63. The van der Waals surface area contributed by atoms with E-state index in [0.29, 0.717) is 10.4 Å². The van der Waals surface area contributed by atoms with Gasteiger partial charge in [-0.3, -0.25) is 9.10 Å². The fourth-order valence-electron chi connectivity index (χ4n) is 2.97. The van der Waals surface area contributed by atoms with Crippen LogP contribution in [0.1, 0.15) is 11.1 Å². The van der Waals surface area contributed by atoms with Crippen molar-refractivity contribution >= 4 is 38.9 Å². The van der Waals surface area contributed by atoms with Crippen molar-refractivity contribution in [3.05, 3.63) is 88.7 Å². The highest BCUT2D eigenvalue weighted by atomic mass is 35.5. The molecule has 0 radical (unpaired) electrons. The van der Waals surface area contributed by atoms with Gasteiger partial charge in [-0.2, -0.15) is 13.2 Å². The number of hydrogen-bond acceptors (Lipinski definition) is 3. The molecule has 0 fully saturated rings. The van der Waals surface area contributed by atoms with Gasteiger partial charge in [0, 0.05) is 5.02 Å². The summed E-state index contributed by atoms with van der Waals surface area (Å²) in [7, 11) is -4.44. The minimum atomic E-state index is -4.83. The third-order valence-corrected chi connectivity index (χ3v) is 6.59. The molecule has 0 atom stereocenters. The average Bonchev–Trinajstić information content (AvgIpc) is 2.73. The van der Waals surface area contributed by atoms with E-state index in [1.54, 1.807) is 6.92 Å². The van der Waals surface area contributed by atoms with Gasteiger partial charge in [0.05, 0.1) is 21.8 Å². The lowest BCUT2D eigenvalue weighted by atomic mass is 10.1. The van der Waals surface area contributed by atoms with Crippen LogP contribution in [-0.2, 0) is 21.0 Å². The Hall–Kier alpha value is -3.11. The first-order valence-corrected chi connectivity index (χ1v) is 11.2. The number of aryl methyl sites for hydroxylation is 1. The highest BCUT2D eigenvalue weighted by Crippen LogP contribution is 2.36. The molecular weight excluding hydrogens is 484 g/mol. The molecule has 0 aliphatic heterocycles. The summed E-state index contributed by atoms with van der Waals surface area (Å²) >= 11 is 5.64. The number of benzene rings is 3. The lowest BCUT2D eigenvalue weighted by molar-refractivity contribution is -0.137. The molecule has 0 aliphatic rings. The number of carbonyl (C=O) groups is 1. The molecule has 0 aromatic heterocycles. The van der Waals surface area contributed by atoms with Crippen molar-refractivity contribution < 1.29 is 30.8 Å². The second-order valence-corrected chi connectivity index (χ2v) is 9.31. The van der Waals surface area contributed by atoms with Crippen molar-refractivity contribution in [2.75, 3.05) is 16.2 Å². The number of para-hydroxylation sites is 1. The molecule has 0 bridgehead atoms. The second kappa shape index (κ2) is 9.40. The molecule has 33 heavy (non-hydrogen) atoms. The first-order valence-electron chi connectivity index (χ1n) is 9.40. The zero-order valence-corrected chi connectivity index (χ0v) is 18.6. The Morgan fingerprint density at radius 3 is 2.27 bits per heavy atom. The fourth-order valence-corrected chi connectivity index (χ4v) is 4.57. The summed E-state index contributed by atoms with van der Waals surface area (Å²) in [5.41, 5.74) is -1.48. The van der Waals surface area contributed by atoms with E-state index < -0.39 is 51.4 Å². The number of alkyl halides is 3. The van der Waals surface area contributed by atoms with E-state index in [0.717, 1.165) is 29.8 Å². The molecule has 0 heterocycles. The zero-order chi connectivity index (χ0) is 24.4. The standard InChI is InChI=1S/C22H17ClF4N2O3S/c1-14-6-9-16(10-7-14)33(31,32)29(20-5-3-2-4-18(20)24)13-21(30)28-19-11-8-15(23)12-17(19)22(25,26)27/h2-12H,13H2,1H3,(H,28,30). The molecule has 5 nitrogen and oxygen atoms in total. The van der Waals surface area contributed by atoms with E-state index >= 15 is 0 Å². The quantitative estimate of drug-likeness (QED) is 0.445. The molecule has 0 saturated heterocycles. The fraction of sp³-hybridized carbons (Fsp3) is 0.136. The predicted molar refractivity (Wildman–Crippen MR) is 117 cm³/mol. The van der Waals surface area contributed by atoms with Crippen molar-refractivity contribution in [3.8, 4) is 0 Å². The van der Waals surface area contributed by atoms with Gasteiger partial charge in [-0.15, -0.1) is 0 Å². The van der Waals surface area contributed by atoms with Gasteiger partial charge in [-0.25, -0.2) is 12.8 Å². The highest BCUT2D eigenvalue weighted by molar-refractivity contribution is 7.92. The van der Waals surface area contributed by atoms with Gasteiger partial charge in [-0.05, 0) is 49.4 Å². The van der Waals surface area contributed by atoms with Crippen molar-refractivity contribution in [1.82, 2.24) is 0 Å². The molecule has 1 N–H and O–H groups in total. The summed E-state index contributed by atoms with van der Waals surface area (Å²) in [6.07, 6.45) is -4.83. The Labute approximate surface area is 192 Å². The highest BCUT2D eigenvalue weighted by Gasteiger charge is 2.35. The van der Waals surface area contributed by atoms with Gasteiger partial charge in [0.2, 0.25) is 5.91 Å². The smallest absolute Gasteiger partial charge is 0.324 e. The van der Waals surface area contributed by atoms with E-state index in [9.17, 15) is 30.8 Å². The molecule has 0 spiro atoms. The van der Waals surface area contributed by atoms with E-state index in [1.165, 1.54) is 36.4 Å². The summed E-state index contributed by atoms with van der Waals surface area (Å²) in [6.45, 7) is 0.764. The number of carbonyl (C=O) groups excluding carboxylic acids is 1. The number of rotatable bonds is 6. The third-order valence-electron chi connectivity index (χ3n) is 4.58. The Morgan fingerprint density at radius 1 is 1.03 bits per heavy atom. The number of nitrogens with one attached hydrogen (secondary N) is 1. The van der Waals surface area contributed by atoms with Gasteiger partial charge in [0.25, 0.3) is 10.0 Å². The number of sulfonamides is 1. The summed E-state index contributed by atoms with van der Waals surface area (Å²) in [5, 5.41) is 1.85. The Kier molecular flexibility index (Phi) is 6.99. The van der Waals surface area contributed by atoms with Gasteiger partial charge in [0.15, 0.2) is 0 Å². The number of nitrogens with zero attached hydrogens (tertiary/aromatic N) is 1. The van der Waals surface area contributed by atoms with Crippen molar-refractivity contribution in [3.63, 3.8) is 0 Å². The first kappa shape index (κ1) is 24.5. The van der Waals surface area contributed by atoms with Crippen LogP contribution in [0, 0.1) is 12.7 Å². The van der Waals surface area contributed by atoms with Crippen LogP contribution in [0.15, 0.2) is 71.6 Å². The van der Waals surface area contributed by atoms with Crippen LogP contribution in [0.5, 0.6) is 0 Å². The van der Waals surface area contributed by atoms with Gasteiger partial charge in [-0.1, -0.05) is 41.4 Å². The monoisotopic (exact) mass is 500 g/mol. The molecule has 11 heteroatoms. The first-order chi connectivity index (χ1) is 15.4. The normalized spacial score (nSPS) is 11.8. The number of amides is 1. The summed E-state index contributed by atoms with van der Waals surface area (Å²) in [6, 6.07) is 13.2. The largest absolute Gasteiger partial charge is 0.418 e. The SMILES string of the molecule is Cc1ccc(S(=O)(=O)N(CC(=O)Nc2ccc(Cl)cc2C(F)(F)F)c2ccccc2F)cc1. The Balaban J connectivity index is 1.99. The van der Waals surface area contributed by atoms with Crippen molar-refractivity contribution in [1.29, 1.82) is 0 Å². The van der Waals surface area contributed by atoms with E-state index in [4.69, 9.17) is 11.6 Å².